The number of rotatable bonds is 3. The van der Waals surface area contributed by atoms with Crippen molar-refractivity contribution in [3.63, 3.8) is 0 Å². The van der Waals surface area contributed by atoms with E-state index < -0.39 is 28.6 Å². The van der Waals surface area contributed by atoms with Crippen LogP contribution < -0.4 is 15.6 Å². The van der Waals surface area contributed by atoms with Gasteiger partial charge in [0, 0.05) is 44.0 Å². The number of hydrogen-bond acceptors (Lipinski definition) is 5. The van der Waals surface area contributed by atoms with Crippen LogP contribution in [0.1, 0.15) is 10.4 Å². The van der Waals surface area contributed by atoms with Crippen LogP contribution in [0.3, 0.4) is 0 Å². The molecular formula is C19H16F2N4O3. The molecule has 2 aromatic heterocycles. The number of carboxylic acid groups (broad SMARTS) is 1. The van der Waals surface area contributed by atoms with E-state index in [4.69, 9.17) is 0 Å². The Hall–Kier alpha value is -3.33. The molecule has 2 N–H and O–H groups in total. The van der Waals surface area contributed by atoms with E-state index in [9.17, 15) is 23.5 Å². The molecule has 0 amide bonds. The first-order valence-corrected chi connectivity index (χ1v) is 8.65. The first-order chi connectivity index (χ1) is 13.5. The number of aromatic carboxylic acids is 1. The molecule has 3 heterocycles. The Morgan fingerprint density at radius 2 is 1.89 bits per heavy atom. The van der Waals surface area contributed by atoms with Crippen LogP contribution in [-0.2, 0) is 0 Å². The molecule has 1 aromatic carbocycles. The largest absolute Gasteiger partial charge is 0.477 e. The van der Waals surface area contributed by atoms with Crippen molar-refractivity contribution in [1.82, 2.24) is 14.9 Å². The molecule has 144 valence electrons. The van der Waals surface area contributed by atoms with Crippen LogP contribution in [0.5, 0.6) is 0 Å². The summed E-state index contributed by atoms with van der Waals surface area (Å²) in [4.78, 5) is 29.6. The van der Waals surface area contributed by atoms with Gasteiger partial charge in [-0.2, -0.15) is 0 Å². The number of fused-ring (bicyclic) bond motifs is 1. The summed E-state index contributed by atoms with van der Waals surface area (Å²) in [5.74, 6) is -2.80. The van der Waals surface area contributed by atoms with Crippen molar-refractivity contribution in [2.24, 2.45) is 0 Å². The number of pyridine rings is 2. The lowest BCUT2D eigenvalue weighted by atomic mass is 10.1. The molecule has 0 atom stereocenters. The molecule has 1 aliphatic rings. The van der Waals surface area contributed by atoms with Crippen LogP contribution in [0.2, 0.25) is 0 Å². The van der Waals surface area contributed by atoms with Crippen molar-refractivity contribution in [3.8, 4) is 5.69 Å². The summed E-state index contributed by atoms with van der Waals surface area (Å²) in [7, 11) is 0. The molecule has 4 rings (SSSR count). The van der Waals surface area contributed by atoms with Crippen molar-refractivity contribution in [1.29, 1.82) is 0 Å². The van der Waals surface area contributed by atoms with Gasteiger partial charge in [0.25, 0.3) is 0 Å². The maximum atomic E-state index is 14.8. The zero-order valence-corrected chi connectivity index (χ0v) is 14.7. The number of carbonyl (C=O) groups is 1. The van der Waals surface area contributed by atoms with Gasteiger partial charge in [0.05, 0.1) is 23.1 Å². The van der Waals surface area contributed by atoms with E-state index in [-0.39, 0.29) is 22.3 Å². The summed E-state index contributed by atoms with van der Waals surface area (Å²) < 4.78 is 30.4. The summed E-state index contributed by atoms with van der Waals surface area (Å²) >= 11 is 0. The van der Waals surface area contributed by atoms with Crippen LogP contribution in [0, 0.1) is 11.6 Å². The van der Waals surface area contributed by atoms with Gasteiger partial charge in [0.15, 0.2) is 5.82 Å². The molecule has 28 heavy (non-hydrogen) atoms. The minimum absolute atomic E-state index is 0.0142. The molecule has 0 spiro atoms. The van der Waals surface area contributed by atoms with Crippen molar-refractivity contribution in [2.45, 2.75) is 0 Å². The standard InChI is InChI=1S/C19H16F2N4O3/c20-13-7-11-16(8-17(13)24-5-3-22-4-6-24)25(10-12(18(11)26)19(27)28)15-1-2-23-9-14(15)21/h1-2,7-10,22H,3-6H2,(H,27,28). The van der Waals surface area contributed by atoms with Gasteiger partial charge in [-0.1, -0.05) is 0 Å². The van der Waals surface area contributed by atoms with Crippen LogP contribution in [0.15, 0.2) is 41.6 Å². The van der Waals surface area contributed by atoms with Crippen molar-refractivity contribution in [3.05, 3.63) is 64.2 Å². The summed E-state index contributed by atoms with van der Waals surface area (Å²) in [6.45, 7) is 2.51. The third kappa shape index (κ3) is 2.99. The van der Waals surface area contributed by atoms with E-state index in [2.05, 4.69) is 10.3 Å². The molecular weight excluding hydrogens is 370 g/mol. The van der Waals surface area contributed by atoms with Gasteiger partial charge in [0.2, 0.25) is 5.43 Å². The number of halogens is 2. The minimum atomic E-state index is -1.47. The highest BCUT2D eigenvalue weighted by Gasteiger charge is 2.21. The Kier molecular flexibility index (Phi) is 4.52. The molecule has 0 saturated carbocycles. The van der Waals surface area contributed by atoms with E-state index >= 15 is 0 Å². The van der Waals surface area contributed by atoms with Crippen molar-refractivity contribution in [2.75, 3.05) is 31.1 Å². The first kappa shape index (κ1) is 18.1. The van der Waals surface area contributed by atoms with Crippen LogP contribution in [0.4, 0.5) is 14.5 Å². The van der Waals surface area contributed by atoms with E-state index in [0.717, 1.165) is 18.5 Å². The van der Waals surface area contributed by atoms with E-state index in [1.54, 1.807) is 0 Å². The lowest BCUT2D eigenvalue weighted by molar-refractivity contribution is 0.0695. The number of anilines is 1. The second kappa shape index (κ2) is 7.01. The molecule has 0 radical (unpaired) electrons. The summed E-state index contributed by atoms with van der Waals surface area (Å²) in [6.07, 6.45) is 3.40. The smallest absolute Gasteiger partial charge is 0.341 e. The lowest BCUT2D eigenvalue weighted by Crippen LogP contribution is -2.43. The van der Waals surface area contributed by atoms with E-state index in [1.807, 2.05) is 4.90 Å². The monoisotopic (exact) mass is 386 g/mol. The summed E-state index contributed by atoms with van der Waals surface area (Å²) in [5, 5.41) is 12.4. The maximum Gasteiger partial charge on any atom is 0.341 e. The summed E-state index contributed by atoms with van der Waals surface area (Å²) in [5.41, 5.74) is -0.882. The van der Waals surface area contributed by atoms with Crippen molar-refractivity contribution >= 4 is 22.6 Å². The predicted molar refractivity (Wildman–Crippen MR) is 99.3 cm³/mol. The van der Waals surface area contributed by atoms with Gasteiger partial charge >= 0.3 is 5.97 Å². The Balaban J connectivity index is 2.05. The fourth-order valence-electron chi connectivity index (χ4n) is 3.40. The fraction of sp³-hybridized carbons (Fsp3) is 0.211. The highest BCUT2D eigenvalue weighted by Crippen LogP contribution is 2.27. The number of hydrogen-bond donors (Lipinski definition) is 2. The number of piperazine rings is 1. The Labute approximate surface area is 157 Å². The number of aromatic nitrogens is 2. The SMILES string of the molecule is O=C(O)c1cn(-c2ccncc2F)c2cc(N3CCNCC3)c(F)cc2c1=O. The van der Waals surface area contributed by atoms with Crippen molar-refractivity contribution < 1.29 is 18.7 Å². The zero-order chi connectivity index (χ0) is 19.8. The topological polar surface area (TPSA) is 87.5 Å². The zero-order valence-electron chi connectivity index (χ0n) is 14.7. The molecule has 1 saturated heterocycles. The second-order valence-corrected chi connectivity index (χ2v) is 6.43. The van der Waals surface area contributed by atoms with Crippen LogP contribution >= 0.6 is 0 Å². The average Bonchev–Trinajstić information content (AvgIpc) is 2.69. The molecule has 9 heteroatoms. The number of carboxylic acids is 1. The predicted octanol–water partition coefficient (Wildman–Crippen LogP) is 1.77. The molecule has 7 nitrogen and oxygen atoms in total. The van der Waals surface area contributed by atoms with Gasteiger partial charge in [0.1, 0.15) is 11.4 Å². The quantitative estimate of drug-likeness (QED) is 0.714. The molecule has 3 aromatic rings. The van der Waals surface area contributed by atoms with Gasteiger partial charge in [-0.25, -0.2) is 13.6 Å². The normalized spacial score (nSPS) is 14.4. The number of benzene rings is 1. The second-order valence-electron chi connectivity index (χ2n) is 6.43. The highest BCUT2D eigenvalue weighted by molar-refractivity contribution is 5.94. The van der Waals surface area contributed by atoms with E-state index in [1.165, 1.54) is 22.9 Å². The van der Waals surface area contributed by atoms with Gasteiger partial charge in [-0.05, 0) is 18.2 Å². The lowest BCUT2D eigenvalue weighted by Gasteiger charge is -2.30. The average molecular weight is 386 g/mol. The van der Waals surface area contributed by atoms with Crippen LogP contribution in [-0.4, -0.2) is 46.8 Å². The van der Waals surface area contributed by atoms with Crippen LogP contribution in [0.25, 0.3) is 16.6 Å². The summed E-state index contributed by atoms with van der Waals surface area (Å²) in [6, 6.07) is 3.85. The molecule has 0 bridgehead atoms. The third-order valence-corrected chi connectivity index (χ3v) is 4.77. The number of nitrogens with zero attached hydrogens (tertiary/aromatic N) is 3. The van der Waals surface area contributed by atoms with Gasteiger partial charge in [-0.3, -0.25) is 9.78 Å². The molecule has 1 fully saturated rings. The maximum absolute atomic E-state index is 14.8. The minimum Gasteiger partial charge on any atom is -0.477 e. The fourth-order valence-corrected chi connectivity index (χ4v) is 3.40. The first-order valence-electron chi connectivity index (χ1n) is 8.65. The Bertz CT molecular complexity index is 1140. The molecule has 0 aliphatic carbocycles. The van der Waals surface area contributed by atoms with Gasteiger partial charge < -0.3 is 19.9 Å². The highest BCUT2D eigenvalue weighted by atomic mass is 19.1. The number of nitrogens with one attached hydrogen (secondary N) is 1. The van der Waals surface area contributed by atoms with E-state index in [0.29, 0.717) is 26.2 Å². The third-order valence-electron chi connectivity index (χ3n) is 4.77. The Morgan fingerprint density at radius 1 is 1.14 bits per heavy atom. The van der Waals surface area contributed by atoms with Gasteiger partial charge in [-0.15, -0.1) is 0 Å². The Morgan fingerprint density at radius 3 is 2.57 bits per heavy atom. The molecule has 1 aliphatic heterocycles. The molecule has 0 unspecified atom stereocenters.